The Morgan fingerprint density at radius 2 is 1.15 bits per heavy atom. The molecule has 1 aliphatic rings. The molecule has 8 aromatic rings. The standard InChI is InChI=1S/C44H31N3/c1-4-12-30(13-5-1)34-22-26-37-35(28-34)23-27-42-43(37)38-18-10-11-19-41(38)47(42)36-24-20-33(21-25-36)44-45-39(31-14-6-2-7-15-31)29-40(46-44)32-16-8-3-9-17-32/h1-29,44-45H. The molecular weight excluding hydrogens is 571 g/mol. The summed E-state index contributed by atoms with van der Waals surface area (Å²) in [4.78, 5) is 5.18. The first-order chi connectivity index (χ1) is 23.3. The normalized spacial score (nSPS) is 14.6. The number of allylic oxidation sites excluding steroid dienone is 1. The van der Waals surface area contributed by atoms with Crippen molar-refractivity contribution in [3.8, 4) is 16.8 Å². The Morgan fingerprint density at radius 1 is 0.489 bits per heavy atom. The monoisotopic (exact) mass is 601 g/mol. The van der Waals surface area contributed by atoms with Crippen LogP contribution in [0.4, 0.5) is 0 Å². The second-order valence-electron chi connectivity index (χ2n) is 12.1. The van der Waals surface area contributed by atoms with Crippen LogP contribution in [0.1, 0.15) is 22.9 Å². The van der Waals surface area contributed by atoms with E-state index in [0.29, 0.717) is 0 Å². The lowest BCUT2D eigenvalue weighted by Crippen LogP contribution is -2.24. The number of hydrogen-bond acceptors (Lipinski definition) is 2. The van der Waals surface area contributed by atoms with Crippen LogP contribution in [0.25, 0.3) is 55.1 Å². The molecule has 2 heterocycles. The van der Waals surface area contributed by atoms with Crippen molar-refractivity contribution in [2.24, 2.45) is 4.99 Å². The minimum Gasteiger partial charge on any atom is -0.360 e. The van der Waals surface area contributed by atoms with E-state index < -0.39 is 0 Å². The smallest absolute Gasteiger partial charge is 0.145 e. The minimum atomic E-state index is -0.208. The number of benzene rings is 7. The molecule has 0 bridgehead atoms. The predicted octanol–water partition coefficient (Wildman–Crippen LogP) is 10.7. The number of nitrogens with one attached hydrogen (secondary N) is 1. The van der Waals surface area contributed by atoms with Crippen molar-refractivity contribution in [1.29, 1.82) is 0 Å². The molecule has 0 fully saturated rings. The lowest BCUT2D eigenvalue weighted by molar-refractivity contribution is 0.664. The SMILES string of the molecule is C1=C(c2ccccc2)NC(c2ccc(-n3c4ccccc4c4c5ccc(-c6ccccc6)cc5ccc43)cc2)N=C1c1ccccc1. The maximum absolute atomic E-state index is 5.18. The summed E-state index contributed by atoms with van der Waals surface area (Å²) >= 11 is 0. The summed E-state index contributed by atoms with van der Waals surface area (Å²) in [6.07, 6.45) is 1.95. The summed E-state index contributed by atoms with van der Waals surface area (Å²) in [6, 6.07) is 60.5. The first kappa shape index (κ1) is 27.1. The van der Waals surface area contributed by atoms with E-state index in [4.69, 9.17) is 4.99 Å². The van der Waals surface area contributed by atoms with Crippen molar-refractivity contribution in [3.05, 3.63) is 193 Å². The Bertz CT molecular complexity index is 2450. The van der Waals surface area contributed by atoms with Gasteiger partial charge in [0, 0.05) is 22.2 Å². The number of aromatic nitrogens is 1. The number of hydrogen-bond donors (Lipinski definition) is 1. The summed E-state index contributed by atoms with van der Waals surface area (Å²) in [5, 5.41) is 8.76. The van der Waals surface area contributed by atoms with Gasteiger partial charge in [0.2, 0.25) is 0 Å². The Balaban J connectivity index is 1.13. The quantitative estimate of drug-likeness (QED) is 0.209. The topological polar surface area (TPSA) is 29.3 Å². The molecule has 222 valence electrons. The van der Waals surface area contributed by atoms with Gasteiger partial charge in [-0.05, 0) is 75.0 Å². The average molecular weight is 602 g/mol. The average Bonchev–Trinajstić information content (AvgIpc) is 3.50. The van der Waals surface area contributed by atoms with Crippen LogP contribution in [0.5, 0.6) is 0 Å². The number of para-hydroxylation sites is 1. The second kappa shape index (κ2) is 11.3. The van der Waals surface area contributed by atoms with Crippen molar-refractivity contribution < 1.29 is 0 Å². The van der Waals surface area contributed by atoms with Crippen LogP contribution >= 0.6 is 0 Å². The van der Waals surface area contributed by atoms with E-state index in [9.17, 15) is 0 Å². The molecule has 9 rings (SSSR count). The molecule has 1 N–H and O–H groups in total. The summed E-state index contributed by atoms with van der Waals surface area (Å²) in [6.45, 7) is 0. The van der Waals surface area contributed by atoms with Crippen LogP contribution in [0, 0.1) is 0 Å². The molecule has 0 aliphatic carbocycles. The van der Waals surface area contributed by atoms with Gasteiger partial charge in [0.15, 0.2) is 0 Å². The third-order valence-electron chi connectivity index (χ3n) is 9.22. The zero-order valence-corrected chi connectivity index (χ0v) is 25.7. The number of rotatable bonds is 5. The van der Waals surface area contributed by atoms with Gasteiger partial charge >= 0.3 is 0 Å². The van der Waals surface area contributed by atoms with Gasteiger partial charge in [0.1, 0.15) is 6.17 Å². The van der Waals surface area contributed by atoms with E-state index in [2.05, 4.69) is 180 Å². The highest BCUT2D eigenvalue weighted by Gasteiger charge is 2.20. The van der Waals surface area contributed by atoms with Crippen molar-refractivity contribution >= 4 is 44.0 Å². The highest BCUT2D eigenvalue weighted by Crippen LogP contribution is 2.38. The Hall–Kier alpha value is -6.19. The first-order valence-corrected chi connectivity index (χ1v) is 16.1. The number of aliphatic imine (C=N–C) groups is 1. The zero-order chi connectivity index (χ0) is 31.2. The molecule has 7 aromatic carbocycles. The van der Waals surface area contributed by atoms with Crippen molar-refractivity contribution in [1.82, 2.24) is 9.88 Å². The molecule has 0 amide bonds. The first-order valence-electron chi connectivity index (χ1n) is 16.1. The maximum Gasteiger partial charge on any atom is 0.145 e. The summed E-state index contributed by atoms with van der Waals surface area (Å²) in [7, 11) is 0. The molecule has 47 heavy (non-hydrogen) atoms. The molecule has 0 saturated heterocycles. The van der Waals surface area contributed by atoms with Crippen molar-refractivity contribution in [2.75, 3.05) is 0 Å². The molecule has 0 radical (unpaired) electrons. The zero-order valence-electron chi connectivity index (χ0n) is 25.7. The molecule has 0 spiro atoms. The Labute approximate surface area is 273 Å². The molecule has 1 unspecified atom stereocenters. The third-order valence-corrected chi connectivity index (χ3v) is 9.22. The van der Waals surface area contributed by atoms with E-state index in [1.807, 2.05) is 6.07 Å². The fraction of sp³-hybridized carbons (Fsp3) is 0.0227. The third kappa shape index (κ3) is 4.81. The molecule has 1 aromatic heterocycles. The van der Waals surface area contributed by atoms with Gasteiger partial charge in [0.05, 0.1) is 16.7 Å². The van der Waals surface area contributed by atoms with Crippen molar-refractivity contribution in [3.63, 3.8) is 0 Å². The van der Waals surface area contributed by atoms with E-state index >= 15 is 0 Å². The van der Waals surface area contributed by atoms with Crippen LogP contribution in [-0.2, 0) is 0 Å². The predicted molar refractivity (Wildman–Crippen MR) is 197 cm³/mol. The van der Waals surface area contributed by atoms with Gasteiger partial charge in [-0.3, -0.25) is 4.99 Å². The fourth-order valence-corrected chi connectivity index (χ4v) is 6.93. The Morgan fingerprint density at radius 3 is 1.89 bits per heavy atom. The van der Waals surface area contributed by atoms with E-state index in [0.717, 1.165) is 33.8 Å². The Kier molecular flexibility index (Phi) is 6.53. The fourth-order valence-electron chi connectivity index (χ4n) is 6.93. The second-order valence-corrected chi connectivity index (χ2v) is 12.1. The van der Waals surface area contributed by atoms with Gasteiger partial charge in [-0.1, -0.05) is 140 Å². The number of fused-ring (bicyclic) bond motifs is 5. The largest absolute Gasteiger partial charge is 0.360 e. The minimum absolute atomic E-state index is 0.208. The van der Waals surface area contributed by atoms with Crippen LogP contribution < -0.4 is 5.32 Å². The van der Waals surface area contributed by atoms with Gasteiger partial charge in [-0.15, -0.1) is 0 Å². The molecule has 3 nitrogen and oxygen atoms in total. The lowest BCUT2D eigenvalue weighted by atomic mass is 9.98. The summed E-state index contributed by atoms with van der Waals surface area (Å²) in [5.41, 5.74) is 11.4. The molecule has 1 atom stereocenters. The summed E-state index contributed by atoms with van der Waals surface area (Å²) in [5.74, 6) is 0. The maximum atomic E-state index is 5.18. The van der Waals surface area contributed by atoms with Crippen LogP contribution in [-0.4, -0.2) is 10.3 Å². The molecular formula is C44H31N3. The molecule has 1 aliphatic heterocycles. The van der Waals surface area contributed by atoms with Crippen molar-refractivity contribution in [2.45, 2.75) is 6.17 Å². The van der Waals surface area contributed by atoms with E-state index in [1.54, 1.807) is 0 Å². The van der Waals surface area contributed by atoms with Crippen LogP contribution in [0.15, 0.2) is 181 Å². The van der Waals surface area contributed by atoms with Gasteiger partial charge in [-0.2, -0.15) is 0 Å². The van der Waals surface area contributed by atoms with Gasteiger partial charge in [-0.25, -0.2) is 0 Å². The van der Waals surface area contributed by atoms with Crippen LogP contribution in [0.3, 0.4) is 0 Å². The highest BCUT2D eigenvalue weighted by molar-refractivity contribution is 6.21. The van der Waals surface area contributed by atoms with Gasteiger partial charge < -0.3 is 9.88 Å². The lowest BCUT2D eigenvalue weighted by Gasteiger charge is -2.25. The van der Waals surface area contributed by atoms with Gasteiger partial charge in [0.25, 0.3) is 0 Å². The molecule has 0 saturated carbocycles. The van der Waals surface area contributed by atoms with E-state index in [1.165, 1.54) is 43.7 Å². The number of nitrogens with zero attached hydrogens (tertiary/aromatic N) is 2. The highest BCUT2D eigenvalue weighted by atomic mass is 15.1. The molecule has 3 heteroatoms. The van der Waals surface area contributed by atoms with Crippen LogP contribution in [0.2, 0.25) is 0 Å². The summed E-state index contributed by atoms with van der Waals surface area (Å²) < 4.78 is 2.39. The van der Waals surface area contributed by atoms with E-state index in [-0.39, 0.29) is 6.17 Å².